The van der Waals surface area contributed by atoms with Crippen LogP contribution in [0.2, 0.25) is 0 Å². The fourth-order valence-electron chi connectivity index (χ4n) is 3.67. The van der Waals surface area contributed by atoms with Crippen LogP contribution in [0.5, 0.6) is 5.75 Å². The molecule has 32 heavy (non-hydrogen) atoms. The molecule has 172 valence electrons. The van der Waals surface area contributed by atoms with Crippen molar-refractivity contribution in [3.05, 3.63) is 59.7 Å². The molecule has 2 amide bonds. The molecule has 1 saturated heterocycles. The van der Waals surface area contributed by atoms with E-state index in [-0.39, 0.29) is 35.9 Å². The van der Waals surface area contributed by atoms with E-state index in [0.29, 0.717) is 30.6 Å². The number of hydrogen-bond acceptors (Lipinski definition) is 6. The molecular formula is C23H29N3O5S. The van der Waals surface area contributed by atoms with Crippen LogP contribution < -0.4 is 15.4 Å². The highest BCUT2D eigenvalue weighted by Crippen LogP contribution is 2.18. The van der Waals surface area contributed by atoms with E-state index in [1.807, 2.05) is 24.3 Å². The lowest BCUT2D eigenvalue weighted by Crippen LogP contribution is -2.39. The number of hydrogen-bond donors (Lipinski definition) is 2. The zero-order valence-corrected chi connectivity index (χ0v) is 19.2. The zero-order chi connectivity index (χ0) is 23.1. The number of rotatable bonds is 9. The third-order valence-electron chi connectivity index (χ3n) is 5.53. The number of nitrogens with zero attached hydrogens (tertiary/aromatic N) is 1. The average Bonchev–Trinajstić information content (AvgIpc) is 3.14. The summed E-state index contributed by atoms with van der Waals surface area (Å²) in [6, 6.07) is 14.3. The third-order valence-corrected chi connectivity index (χ3v) is 7.28. The van der Waals surface area contributed by atoms with E-state index in [0.717, 1.165) is 11.3 Å². The predicted molar refractivity (Wildman–Crippen MR) is 124 cm³/mol. The van der Waals surface area contributed by atoms with E-state index >= 15 is 0 Å². The number of nitrogens with one attached hydrogen (secondary N) is 2. The van der Waals surface area contributed by atoms with Gasteiger partial charge in [-0.15, -0.1) is 0 Å². The lowest BCUT2D eigenvalue weighted by molar-refractivity contribution is -0.117. The monoisotopic (exact) mass is 459 g/mol. The number of carbonyl (C=O) groups is 2. The van der Waals surface area contributed by atoms with Gasteiger partial charge in [0.25, 0.3) is 5.91 Å². The van der Waals surface area contributed by atoms with Gasteiger partial charge in [-0.1, -0.05) is 24.3 Å². The molecule has 0 radical (unpaired) electrons. The number of anilines is 1. The molecule has 2 N–H and O–H groups in total. The van der Waals surface area contributed by atoms with Crippen LogP contribution in [0.25, 0.3) is 0 Å². The summed E-state index contributed by atoms with van der Waals surface area (Å²) in [6.07, 6.45) is 1.19. The van der Waals surface area contributed by atoms with E-state index < -0.39 is 9.84 Å². The molecule has 2 aromatic carbocycles. The van der Waals surface area contributed by atoms with Gasteiger partial charge in [0.15, 0.2) is 9.84 Å². The lowest BCUT2D eigenvalue weighted by Gasteiger charge is -2.22. The predicted octanol–water partition coefficient (Wildman–Crippen LogP) is 1.73. The summed E-state index contributed by atoms with van der Waals surface area (Å²) < 4.78 is 28.5. The first-order chi connectivity index (χ1) is 15.3. The molecule has 0 unspecified atom stereocenters. The smallest absolute Gasteiger partial charge is 0.253 e. The summed E-state index contributed by atoms with van der Waals surface area (Å²) in [5, 5.41) is 5.67. The molecule has 9 heteroatoms. The maximum atomic E-state index is 12.7. The first kappa shape index (κ1) is 23.7. The Balaban J connectivity index is 1.53. The molecule has 1 atom stereocenters. The Morgan fingerprint density at radius 1 is 1.12 bits per heavy atom. The Bertz CT molecular complexity index is 1050. The van der Waals surface area contributed by atoms with Gasteiger partial charge in [-0.25, -0.2) is 8.42 Å². The van der Waals surface area contributed by atoms with Crippen molar-refractivity contribution in [3.63, 3.8) is 0 Å². The van der Waals surface area contributed by atoms with Gasteiger partial charge in [0, 0.05) is 12.6 Å². The van der Waals surface area contributed by atoms with Gasteiger partial charge in [0.2, 0.25) is 5.91 Å². The summed E-state index contributed by atoms with van der Waals surface area (Å²) in [5.41, 5.74) is 1.87. The number of methoxy groups -OCH3 is 1. The van der Waals surface area contributed by atoms with E-state index in [9.17, 15) is 18.0 Å². The van der Waals surface area contributed by atoms with Crippen molar-refractivity contribution >= 4 is 27.3 Å². The Morgan fingerprint density at radius 2 is 1.84 bits per heavy atom. The molecule has 1 aliphatic heterocycles. The van der Waals surface area contributed by atoms with Gasteiger partial charge in [0.05, 0.1) is 36.4 Å². The maximum absolute atomic E-state index is 12.7. The number of carbonyl (C=O) groups excluding carboxylic acids is 2. The maximum Gasteiger partial charge on any atom is 0.253 e. The van der Waals surface area contributed by atoms with Crippen molar-refractivity contribution in [1.82, 2.24) is 10.2 Å². The van der Waals surface area contributed by atoms with Crippen LogP contribution in [0.1, 0.15) is 22.3 Å². The first-order valence-electron chi connectivity index (χ1n) is 10.5. The van der Waals surface area contributed by atoms with Crippen molar-refractivity contribution in [2.45, 2.75) is 18.9 Å². The average molecular weight is 460 g/mol. The summed E-state index contributed by atoms with van der Waals surface area (Å²) in [7, 11) is 0.334. The molecule has 1 heterocycles. The van der Waals surface area contributed by atoms with Crippen LogP contribution in [-0.2, 0) is 21.1 Å². The van der Waals surface area contributed by atoms with Crippen LogP contribution in [0.3, 0.4) is 0 Å². The number of ether oxygens (including phenoxy) is 1. The molecule has 0 bridgehead atoms. The zero-order valence-electron chi connectivity index (χ0n) is 18.3. The highest BCUT2D eigenvalue weighted by atomic mass is 32.2. The third kappa shape index (κ3) is 6.54. The molecule has 1 aliphatic rings. The van der Waals surface area contributed by atoms with E-state index in [2.05, 4.69) is 10.6 Å². The number of benzene rings is 2. The van der Waals surface area contributed by atoms with E-state index in [4.69, 9.17) is 4.74 Å². The minimum Gasteiger partial charge on any atom is -0.497 e. The lowest BCUT2D eigenvalue weighted by atomic mass is 10.1. The second kappa shape index (κ2) is 10.6. The number of likely N-dealkylation sites (N-methyl/N-ethyl adjacent to an activating group) is 1. The normalized spacial score (nSPS) is 17.2. The first-order valence-corrected chi connectivity index (χ1v) is 12.3. The van der Waals surface area contributed by atoms with Crippen LogP contribution in [0, 0.1) is 0 Å². The summed E-state index contributed by atoms with van der Waals surface area (Å²) in [4.78, 5) is 27.0. The van der Waals surface area contributed by atoms with Gasteiger partial charge in [-0.05, 0) is 49.7 Å². The Labute approximate surface area is 188 Å². The van der Waals surface area contributed by atoms with E-state index in [1.165, 1.54) is 0 Å². The van der Waals surface area contributed by atoms with Gasteiger partial charge in [-0.3, -0.25) is 14.5 Å². The van der Waals surface area contributed by atoms with Crippen molar-refractivity contribution in [3.8, 4) is 5.75 Å². The topological polar surface area (TPSA) is 105 Å². The minimum absolute atomic E-state index is 0.0492. The van der Waals surface area contributed by atoms with Crippen LogP contribution >= 0.6 is 0 Å². The fourth-order valence-corrected chi connectivity index (χ4v) is 5.47. The second-order valence-corrected chi connectivity index (χ2v) is 10.1. The van der Waals surface area contributed by atoms with Crippen LogP contribution in [0.4, 0.5) is 5.69 Å². The molecule has 8 nitrogen and oxygen atoms in total. The van der Waals surface area contributed by atoms with Gasteiger partial charge in [0.1, 0.15) is 5.75 Å². The van der Waals surface area contributed by atoms with Crippen molar-refractivity contribution in [1.29, 1.82) is 0 Å². The Morgan fingerprint density at radius 3 is 2.50 bits per heavy atom. The molecule has 0 saturated carbocycles. The molecule has 1 fully saturated rings. The summed E-state index contributed by atoms with van der Waals surface area (Å²) in [6.45, 7) is 0.500. The van der Waals surface area contributed by atoms with Crippen LogP contribution in [0.15, 0.2) is 48.5 Å². The van der Waals surface area contributed by atoms with E-state index in [1.54, 1.807) is 43.3 Å². The molecular weight excluding hydrogens is 430 g/mol. The molecule has 3 rings (SSSR count). The summed E-state index contributed by atoms with van der Waals surface area (Å²) in [5.74, 6) is 0.440. The number of para-hydroxylation sites is 1. The highest BCUT2D eigenvalue weighted by Gasteiger charge is 2.31. The fraction of sp³-hybridized carbons (Fsp3) is 0.391. The molecule has 2 aromatic rings. The van der Waals surface area contributed by atoms with Crippen molar-refractivity contribution < 1.29 is 22.7 Å². The summed E-state index contributed by atoms with van der Waals surface area (Å²) >= 11 is 0. The standard InChI is InChI=1S/C23H29N3O5S/c1-26(18-12-14-32(29,30)16-18)15-22(27)25-21-6-4-3-5-20(21)23(28)24-13-11-17-7-9-19(31-2)10-8-17/h3-10,18H,11-16H2,1-2H3,(H,24,28)(H,25,27)/t18-/m1/s1. The quantitative estimate of drug-likeness (QED) is 0.592. The number of amides is 2. The second-order valence-electron chi connectivity index (χ2n) is 7.92. The number of sulfone groups is 1. The van der Waals surface area contributed by atoms with Crippen LogP contribution in [-0.4, -0.2) is 69.9 Å². The highest BCUT2D eigenvalue weighted by molar-refractivity contribution is 7.91. The molecule has 0 aliphatic carbocycles. The van der Waals surface area contributed by atoms with Gasteiger partial charge in [-0.2, -0.15) is 0 Å². The Hall–Kier alpha value is -2.91. The SMILES string of the molecule is COc1ccc(CCNC(=O)c2ccccc2NC(=O)CN(C)[C@@H]2CCS(=O)(=O)C2)cc1. The van der Waals surface area contributed by atoms with Gasteiger partial charge < -0.3 is 15.4 Å². The largest absolute Gasteiger partial charge is 0.497 e. The molecule has 0 spiro atoms. The Kier molecular flexibility index (Phi) is 7.87. The molecule has 0 aromatic heterocycles. The van der Waals surface area contributed by atoms with Gasteiger partial charge >= 0.3 is 0 Å². The van der Waals surface area contributed by atoms with Crippen molar-refractivity contribution in [2.75, 3.05) is 44.1 Å². The minimum atomic E-state index is -3.02. The van der Waals surface area contributed by atoms with Crippen molar-refractivity contribution in [2.24, 2.45) is 0 Å².